The molecule has 1 aromatic carbocycles. The highest BCUT2D eigenvalue weighted by Gasteiger charge is 2.16. The lowest BCUT2D eigenvalue weighted by Gasteiger charge is -2.29. The number of hydrogen-bond donors (Lipinski definition) is 2. The van der Waals surface area contributed by atoms with Crippen LogP contribution in [0.5, 0.6) is 5.75 Å². The van der Waals surface area contributed by atoms with Gasteiger partial charge in [0.05, 0.1) is 5.02 Å². The number of para-hydroxylation sites is 1. The molecular weight excluding hydrogens is 236 g/mol. The minimum atomic E-state index is 0.203. The smallest absolute Gasteiger partial charge is 0.138 e. The van der Waals surface area contributed by atoms with E-state index < -0.39 is 0 Å². The first-order valence-corrected chi connectivity index (χ1v) is 6.43. The number of hydrogen-bond acceptors (Lipinski definition) is 3. The first-order chi connectivity index (χ1) is 8.16. The third-order valence-corrected chi connectivity index (χ3v) is 3.68. The largest absolute Gasteiger partial charge is 0.506 e. The van der Waals surface area contributed by atoms with Crippen molar-refractivity contribution >= 4 is 11.6 Å². The summed E-state index contributed by atoms with van der Waals surface area (Å²) in [6.07, 6.45) is 2.33. The fourth-order valence-electron chi connectivity index (χ4n) is 2.17. The average Bonchev–Trinajstić information content (AvgIpc) is 2.33. The second kappa shape index (κ2) is 5.71. The maximum Gasteiger partial charge on any atom is 0.138 e. The Labute approximate surface area is 107 Å². The van der Waals surface area contributed by atoms with Crippen molar-refractivity contribution in [3.63, 3.8) is 0 Å². The SMILES string of the molecule is CN1CCC(NCc2cccc(Cl)c2O)CC1. The quantitative estimate of drug-likeness (QED) is 0.868. The molecule has 1 aliphatic heterocycles. The van der Waals surface area contributed by atoms with Crippen LogP contribution in [0.15, 0.2) is 18.2 Å². The third kappa shape index (κ3) is 3.35. The highest BCUT2D eigenvalue weighted by atomic mass is 35.5. The van der Waals surface area contributed by atoms with Crippen LogP contribution in [0.2, 0.25) is 5.02 Å². The molecule has 1 fully saturated rings. The monoisotopic (exact) mass is 254 g/mol. The summed E-state index contributed by atoms with van der Waals surface area (Å²) in [5, 5.41) is 13.7. The molecule has 4 heteroatoms. The van der Waals surface area contributed by atoms with Gasteiger partial charge in [-0.25, -0.2) is 0 Å². The van der Waals surface area contributed by atoms with Gasteiger partial charge in [-0.2, -0.15) is 0 Å². The van der Waals surface area contributed by atoms with Gasteiger partial charge in [0.1, 0.15) is 5.75 Å². The molecule has 1 saturated heterocycles. The molecule has 0 amide bonds. The van der Waals surface area contributed by atoms with Crippen molar-refractivity contribution in [3.05, 3.63) is 28.8 Å². The summed E-state index contributed by atoms with van der Waals surface area (Å²) in [6, 6.07) is 6.02. The van der Waals surface area contributed by atoms with E-state index in [1.807, 2.05) is 12.1 Å². The Morgan fingerprint density at radius 1 is 1.41 bits per heavy atom. The molecule has 0 unspecified atom stereocenters. The van der Waals surface area contributed by atoms with Crippen molar-refractivity contribution < 1.29 is 5.11 Å². The van der Waals surface area contributed by atoms with Crippen molar-refractivity contribution in [2.24, 2.45) is 0 Å². The van der Waals surface area contributed by atoms with Crippen molar-refractivity contribution in [2.75, 3.05) is 20.1 Å². The van der Waals surface area contributed by atoms with Crippen LogP contribution in [0.25, 0.3) is 0 Å². The zero-order chi connectivity index (χ0) is 12.3. The molecule has 17 heavy (non-hydrogen) atoms. The fourth-order valence-corrected chi connectivity index (χ4v) is 2.36. The van der Waals surface area contributed by atoms with Crippen LogP contribution in [-0.4, -0.2) is 36.2 Å². The number of benzene rings is 1. The van der Waals surface area contributed by atoms with Crippen molar-refractivity contribution in [1.29, 1.82) is 0 Å². The molecule has 1 heterocycles. The average molecular weight is 255 g/mol. The van der Waals surface area contributed by atoms with Gasteiger partial charge in [-0.1, -0.05) is 23.7 Å². The van der Waals surface area contributed by atoms with Crippen molar-refractivity contribution in [3.8, 4) is 5.75 Å². The number of nitrogens with zero attached hydrogens (tertiary/aromatic N) is 1. The van der Waals surface area contributed by atoms with Crippen molar-refractivity contribution in [1.82, 2.24) is 10.2 Å². The zero-order valence-corrected chi connectivity index (χ0v) is 10.9. The topological polar surface area (TPSA) is 35.5 Å². The Morgan fingerprint density at radius 2 is 2.12 bits per heavy atom. The summed E-state index contributed by atoms with van der Waals surface area (Å²) >= 11 is 5.87. The first kappa shape index (κ1) is 12.7. The molecule has 1 aliphatic rings. The molecule has 0 atom stereocenters. The van der Waals surface area contributed by atoms with Crippen LogP contribution in [0, 0.1) is 0 Å². The van der Waals surface area contributed by atoms with Gasteiger partial charge in [-0.3, -0.25) is 0 Å². The Kier molecular flexibility index (Phi) is 4.26. The Morgan fingerprint density at radius 3 is 2.82 bits per heavy atom. The highest BCUT2D eigenvalue weighted by Crippen LogP contribution is 2.26. The summed E-state index contributed by atoms with van der Waals surface area (Å²) in [7, 11) is 2.15. The molecule has 3 nitrogen and oxygen atoms in total. The lowest BCUT2D eigenvalue weighted by Crippen LogP contribution is -2.40. The number of piperidine rings is 1. The second-order valence-electron chi connectivity index (χ2n) is 4.71. The maximum atomic E-state index is 9.79. The van der Waals surface area contributed by atoms with Gasteiger partial charge in [-0.15, -0.1) is 0 Å². The van der Waals surface area contributed by atoms with Gasteiger partial charge >= 0.3 is 0 Å². The van der Waals surface area contributed by atoms with E-state index in [0.717, 1.165) is 31.5 Å². The van der Waals surface area contributed by atoms with Crippen LogP contribution in [0.1, 0.15) is 18.4 Å². The van der Waals surface area contributed by atoms with Gasteiger partial charge in [0.25, 0.3) is 0 Å². The number of aromatic hydroxyl groups is 1. The lowest BCUT2D eigenvalue weighted by atomic mass is 10.1. The third-order valence-electron chi connectivity index (χ3n) is 3.37. The van der Waals surface area contributed by atoms with E-state index in [0.29, 0.717) is 17.6 Å². The summed E-state index contributed by atoms with van der Waals surface area (Å²) in [4.78, 5) is 2.34. The second-order valence-corrected chi connectivity index (χ2v) is 5.11. The summed E-state index contributed by atoms with van der Waals surface area (Å²) < 4.78 is 0. The van der Waals surface area contributed by atoms with Gasteiger partial charge in [0.15, 0.2) is 0 Å². The standard InChI is InChI=1S/C13H19ClN2O/c1-16-7-5-11(6-8-16)15-9-10-3-2-4-12(14)13(10)17/h2-4,11,15,17H,5-9H2,1H3. The number of nitrogens with one attached hydrogen (secondary N) is 1. The molecule has 0 aliphatic carbocycles. The van der Waals surface area contributed by atoms with Crippen molar-refractivity contribution in [2.45, 2.75) is 25.4 Å². The molecule has 0 radical (unpaired) electrons. The lowest BCUT2D eigenvalue weighted by molar-refractivity contribution is 0.233. The normalized spacial score (nSPS) is 18.5. The summed E-state index contributed by atoms with van der Waals surface area (Å²) in [6.45, 7) is 2.96. The molecule has 0 bridgehead atoms. The predicted octanol–water partition coefficient (Wildman–Crippen LogP) is 2.23. The minimum absolute atomic E-state index is 0.203. The molecule has 0 spiro atoms. The van der Waals surface area contributed by atoms with E-state index >= 15 is 0 Å². The van der Waals surface area contributed by atoms with Gasteiger partial charge in [-0.05, 0) is 39.0 Å². The highest BCUT2D eigenvalue weighted by molar-refractivity contribution is 6.32. The van der Waals surface area contributed by atoms with Gasteiger partial charge in [0.2, 0.25) is 0 Å². The van der Waals surface area contributed by atoms with Gasteiger partial charge < -0.3 is 15.3 Å². The number of phenolic OH excluding ortho intramolecular Hbond substituents is 1. The number of phenols is 1. The Hall–Kier alpha value is -0.770. The molecule has 0 aromatic heterocycles. The first-order valence-electron chi connectivity index (χ1n) is 6.05. The van der Waals surface area contributed by atoms with E-state index in [2.05, 4.69) is 17.3 Å². The Bertz CT molecular complexity index is 376. The molecule has 1 aromatic rings. The molecular formula is C13H19ClN2O. The summed E-state index contributed by atoms with van der Waals surface area (Å²) in [5.74, 6) is 0.203. The number of halogens is 1. The molecule has 2 rings (SSSR count). The van der Waals surface area contributed by atoms with E-state index in [9.17, 15) is 5.11 Å². The van der Waals surface area contributed by atoms with E-state index in [4.69, 9.17) is 11.6 Å². The number of rotatable bonds is 3. The van der Waals surface area contributed by atoms with Crippen LogP contribution >= 0.6 is 11.6 Å². The van der Waals surface area contributed by atoms with E-state index in [-0.39, 0.29) is 5.75 Å². The van der Waals surface area contributed by atoms with Crippen LogP contribution in [0.4, 0.5) is 0 Å². The fraction of sp³-hybridized carbons (Fsp3) is 0.538. The van der Waals surface area contributed by atoms with Gasteiger partial charge in [0, 0.05) is 18.2 Å². The van der Waals surface area contributed by atoms with Crippen LogP contribution < -0.4 is 5.32 Å². The minimum Gasteiger partial charge on any atom is -0.506 e. The summed E-state index contributed by atoms with van der Waals surface area (Å²) in [5.41, 5.74) is 0.872. The molecule has 0 saturated carbocycles. The predicted molar refractivity (Wildman–Crippen MR) is 70.5 cm³/mol. The van der Waals surface area contributed by atoms with E-state index in [1.165, 1.54) is 0 Å². The number of likely N-dealkylation sites (tertiary alicyclic amines) is 1. The zero-order valence-electron chi connectivity index (χ0n) is 10.1. The van der Waals surface area contributed by atoms with Crippen LogP contribution in [-0.2, 0) is 6.54 Å². The molecule has 2 N–H and O–H groups in total. The maximum absolute atomic E-state index is 9.79. The van der Waals surface area contributed by atoms with E-state index in [1.54, 1.807) is 6.07 Å². The molecule has 94 valence electrons. The Balaban J connectivity index is 1.87. The van der Waals surface area contributed by atoms with Crippen LogP contribution in [0.3, 0.4) is 0 Å².